The van der Waals surface area contributed by atoms with E-state index in [2.05, 4.69) is 12.2 Å². The van der Waals surface area contributed by atoms with Crippen molar-refractivity contribution >= 4 is 21.5 Å². The molecular weight excluding hydrogens is 510 g/mol. The molecule has 2 rings (SSSR count). The number of rotatable bonds is 20. The maximum atomic E-state index is 12.5. The number of carbonyl (C=O) groups is 2. The zero-order chi connectivity index (χ0) is 27.6. The Labute approximate surface area is 225 Å². The number of hydrogen-bond acceptors (Lipinski definition) is 8. The molecule has 1 N–H and O–H groups in total. The van der Waals surface area contributed by atoms with Crippen molar-refractivity contribution in [3.8, 4) is 0 Å². The van der Waals surface area contributed by atoms with Gasteiger partial charge in [0.05, 0.1) is 56.9 Å². The van der Waals surface area contributed by atoms with E-state index in [-0.39, 0.29) is 28.8 Å². The third-order valence-corrected chi connectivity index (χ3v) is 7.18. The maximum absolute atomic E-state index is 12.5. The van der Waals surface area contributed by atoms with Gasteiger partial charge in [-0.3, -0.25) is 9.59 Å². The summed E-state index contributed by atoms with van der Waals surface area (Å²) in [6, 6.07) is 12.7. The number of Topliss-reactive ketones (excluding diaryl/α,β-unsaturated/α-hetero) is 1. The molecule has 38 heavy (non-hydrogen) atoms. The van der Waals surface area contributed by atoms with E-state index in [4.69, 9.17) is 18.9 Å². The van der Waals surface area contributed by atoms with Gasteiger partial charge in [-0.2, -0.15) is 0 Å². The highest BCUT2D eigenvalue weighted by atomic mass is 32.2. The molecule has 0 unspecified atom stereocenters. The van der Waals surface area contributed by atoms with Gasteiger partial charge in [0.15, 0.2) is 15.6 Å². The van der Waals surface area contributed by atoms with E-state index in [1.807, 2.05) is 6.92 Å². The number of nitrogens with one attached hydrogen (secondary N) is 1. The fourth-order valence-electron chi connectivity index (χ4n) is 3.29. The molecule has 0 aromatic heterocycles. The second-order valence-corrected chi connectivity index (χ2v) is 10.7. The summed E-state index contributed by atoms with van der Waals surface area (Å²) in [5.74, 6) is -0.855. The van der Waals surface area contributed by atoms with Gasteiger partial charge in [0.1, 0.15) is 0 Å². The molecule has 0 radical (unpaired) electrons. The fourth-order valence-corrected chi connectivity index (χ4v) is 4.53. The second kappa shape index (κ2) is 17.8. The number of aryl methyl sites for hydroxylation is 1. The van der Waals surface area contributed by atoms with E-state index >= 15 is 0 Å². The summed E-state index contributed by atoms with van der Waals surface area (Å²) in [4.78, 5) is 25.0. The quantitative estimate of drug-likeness (QED) is 0.198. The van der Waals surface area contributed by atoms with Crippen molar-refractivity contribution < 1.29 is 37.0 Å². The normalized spacial score (nSPS) is 11.4. The van der Waals surface area contributed by atoms with Crippen molar-refractivity contribution in [1.82, 2.24) is 5.32 Å². The molecule has 0 aliphatic heterocycles. The average molecular weight is 550 g/mol. The van der Waals surface area contributed by atoms with E-state index in [0.29, 0.717) is 63.9 Å². The second-order valence-electron chi connectivity index (χ2n) is 8.59. The number of hydrogen-bond donors (Lipinski definition) is 1. The molecule has 210 valence electrons. The van der Waals surface area contributed by atoms with E-state index in [1.165, 1.54) is 12.1 Å². The summed E-state index contributed by atoms with van der Waals surface area (Å²) in [5.41, 5.74) is 1.72. The van der Waals surface area contributed by atoms with E-state index < -0.39 is 9.84 Å². The van der Waals surface area contributed by atoms with Crippen LogP contribution in [0.25, 0.3) is 0 Å². The molecule has 0 saturated heterocycles. The third kappa shape index (κ3) is 12.3. The number of sulfone groups is 1. The number of benzene rings is 2. The van der Waals surface area contributed by atoms with Crippen LogP contribution in [0.15, 0.2) is 53.4 Å². The van der Waals surface area contributed by atoms with Crippen molar-refractivity contribution in [1.29, 1.82) is 0 Å². The zero-order valence-corrected chi connectivity index (χ0v) is 23.1. The summed E-state index contributed by atoms with van der Waals surface area (Å²) in [6.07, 6.45) is 0.860. The minimum absolute atomic E-state index is 0.135. The summed E-state index contributed by atoms with van der Waals surface area (Å²) in [6.45, 7) is 8.32. The lowest BCUT2D eigenvalue weighted by Gasteiger charge is -2.08. The Morgan fingerprint density at radius 3 is 1.76 bits per heavy atom. The Morgan fingerprint density at radius 2 is 1.21 bits per heavy atom. The molecule has 10 heteroatoms. The molecule has 0 saturated carbocycles. The van der Waals surface area contributed by atoms with Crippen LogP contribution >= 0.6 is 0 Å². The van der Waals surface area contributed by atoms with Crippen LogP contribution in [0.1, 0.15) is 46.0 Å². The summed E-state index contributed by atoms with van der Waals surface area (Å²) in [7, 11) is -3.54. The first-order valence-electron chi connectivity index (χ1n) is 12.9. The van der Waals surface area contributed by atoms with Gasteiger partial charge in [0.2, 0.25) is 0 Å². The maximum Gasteiger partial charge on any atom is 0.251 e. The van der Waals surface area contributed by atoms with Crippen LogP contribution in [-0.2, 0) is 28.8 Å². The first kappa shape index (κ1) is 31.6. The number of amides is 1. The Balaban J connectivity index is 1.57. The standard InChI is InChI=1S/C28H39NO8S/c1-3-14-34-16-18-36-20-21-37-19-17-35-15-13-29-28(31)25-8-6-24(7-9-25)27(30)12-22-38(32,33)26-10-4-23(2)5-11-26/h4-11H,3,12-22H2,1-2H3,(H,29,31). The highest BCUT2D eigenvalue weighted by Gasteiger charge is 2.17. The van der Waals surface area contributed by atoms with Gasteiger partial charge in [-0.15, -0.1) is 0 Å². The molecule has 9 nitrogen and oxygen atoms in total. The van der Waals surface area contributed by atoms with Crippen molar-refractivity contribution in [2.75, 3.05) is 65.2 Å². The van der Waals surface area contributed by atoms with Crippen LogP contribution in [0, 0.1) is 6.92 Å². The zero-order valence-electron chi connectivity index (χ0n) is 22.3. The van der Waals surface area contributed by atoms with Crippen LogP contribution < -0.4 is 5.32 Å². The van der Waals surface area contributed by atoms with Crippen molar-refractivity contribution in [2.24, 2.45) is 0 Å². The van der Waals surface area contributed by atoms with E-state index in [9.17, 15) is 18.0 Å². The lowest BCUT2D eigenvalue weighted by Crippen LogP contribution is -2.27. The fraction of sp³-hybridized carbons (Fsp3) is 0.500. The molecule has 0 atom stereocenters. The molecular formula is C28H39NO8S. The van der Waals surface area contributed by atoms with Gasteiger partial charge in [0.25, 0.3) is 5.91 Å². The SMILES string of the molecule is CCCOCCOCCOCCOCCNC(=O)c1ccc(C(=O)CCS(=O)(=O)c2ccc(C)cc2)cc1. The van der Waals surface area contributed by atoms with Crippen LogP contribution in [0.3, 0.4) is 0 Å². The van der Waals surface area contributed by atoms with Crippen LogP contribution in [0.2, 0.25) is 0 Å². The molecule has 0 aliphatic carbocycles. The molecule has 2 aromatic rings. The van der Waals surface area contributed by atoms with Gasteiger partial charge in [0, 0.05) is 30.7 Å². The van der Waals surface area contributed by atoms with Crippen LogP contribution in [-0.4, -0.2) is 85.3 Å². The Morgan fingerprint density at radius 1 is 0.711 bits per heavy atom. The minimum Gasteiger partial charge on any atom is -0.379 e. The third-order valence-electron chi connectivity index (χ3n) is 5.44. The minimum atomic E-state index is -3.54. The summed E-state index contributed by atoms with van der Waals surface area (Å²) < 4.78 is 46.5. The first-order chi connectivity index (χ1) is 18.3. The van der Waals surface area contributed by atoms with Crippen molar-refractivity contribution in [3.63, 3.8) is 0 Å². The Kier molecular flexibility index (Phi) is 14.8. The largest absolute Gasteiger partial charge is 0.379 e. The number of ketones is 1. The Bertz CT molecular complexity index is 1070. The van der Waals surface area contributed by atoms with Gasteiger partial charge < -0.3 is 24.3 Å². The van der Waals surface area contributed by atoms with Gasteiger partial charge in [-0.25, -0.2) is 8.42 Å². The van der Waals surface area contributed by atoms with Gasteiger partial charge in [-0.1, -0.05) is 36.8 Å². The summed E-state index contributed by atoms with van der Waals surface area (Å²) in [5, 5.41) is 2.75. The lowest BCUT2D eigenvalue weighted by atomic mass is 10.1. The van der Waals surface area contributed by atoms with Crippen molar-refractivity contribution in [3.05, 3.63) is 65.2 Å². The molecule has 2 aromatic carbocycles. The van der Waals surface area contributed by atoms with E-state index in [1.54, 1.807) is 36.4 Å². The topological polar surface area (TPSA) is 117 Å². The molecule has 0 aliphatic rings. The highest BCUT2D eigenvalue weighted by molar-refractivity contribution is 7.91. The Hall–Kier alpha value is -2.63. The highest BCUT2D eigenvalue weighted by Crippen LogP contribution is 2.15. The monoisotopic (exact) mass is 549 g/mol. The average Bonchev–Trinajstić information content (AvgIpc) is 2.92. The lowest BCUT2D eigenvalue weighted by molar-refractivity contribution is -0.00131. The molecule has 0 bridgehead atoms. The first-order valence-corrected chi connectivity index (χ1v) is 14.5. The molecule has 1 amide bonds. The predicted octanol–water partition coefficient (Wildman–Crippen LogP) is 3.25. The van der Waals surface area contributed by atoms with Gasteiger partial charge >= 0.3 is 0 Å². The summed E-state index contributed by atoms with van der Waals surface area (Å²) >= 11 is 0. The van der Waals surface area contributed by atoms with E-state index in [0.717, 1.165) is 18.6 Å². The smallest absolute Gasteiger partial charge is 0.251 e. The molecule has 0 fully saturated rings. The number of ether oxygens (including phenoxy) is 4. The number of carbonyl (C=O) groups excluding carboxylic acids is 2. The molecule has 0 spiro atoms. The van der Waals surface area contributed by atoms with Gasteiger partial charge in [-0.05, 0) is 37.6 Å². The van der Waals surface area contributed by atoms with Crippen LogP contribution in [0.5, 0.6) is 0 Å². The molecule has 0 heterocycles. The van der Waals surface area contributed by atoms with Crippen molar-refractivity contribution in [2.45, 2.75) is 31.6 Å². The predicted molar refractivity (Wildman–Crippen MR) is 145 cm³/mol. The van der Waals surface area contributed by atoms with Crippen LogP contribution in [0.4, 0.5) is 0 Å².